The maximum atomic E-state index is 11.9. The van der Waals surface area contributed by atoms with Crippen molar-refractivity contribution in [1.29, 1.82) is 0 Å². The van der Waals surface area contributed by atoms with Crippen LogP contribution in [-0.4, -0.2) is 30.6 Å². The molecule has 0 spiro atoms. The number of hydrogen-bond acceptors (Lipinski definition) is 3. The zero-order valence-electron chi connectivity index (χ0n) is 9.99. The Morgan fingerprint density at radius 2 is 2.00 bits per heavy atom. The van der Waals surface area contributed by atoms with Crippen molar-refractivity contribution in [3.05, 3.63) is 40.5 Å². The van der Waals surface area contributed by atoms with Gasteiger partial charge in [-0.1, -0.05) is 23.7 Å². The van der Waals surface area contributed by atoms with Crippen LogP contribution in [0.15, 0.2) is 30.0 Å². The molecule has 0 saturated carbocycles. The minimum Gasteiger partial charge on any atom is -0.456 e. The topological polar surface area (TPSA) is 29.5 Å². The van der Waals surface area contributed by atoms with Crippen LogP contribution in [0, 0.1) is 0 Å². The Bertz CT molecular complexity index is 518. The lowest BCUT2D eigenvalue weighted by Gasteiger charge is -2.18. The van der Waals surface area contributed by atoms with Crippen LogP contribution in [-0.2, 0) is 9.53 Å². The van der Waals surface area contributed by atoms with Gasteiger partial charge in [0.2, 0.25) is 0 Å². The maximum absolute atomic E-state index is 11.9. The first kappa shape index (κ1) is 11.6. The van der Waals surface area contributed by atoms with Crippen molar-refractivity contribution in [2.24, 2.45) is 0 Å². The number of carbonyl (C=O) groups excluding carboxylic acids is 1. The molecule has 0 N–H and O–H groups in total. The fraction of sp³-hybridized carbons (Fsp3) is 0.357. The van der Waals surface area contributed by atoms with Crippen LogP contribution in [0.2, 0.25) is 5.02 Å². The summed E-state index contributed by atoms with van der Waals surface area (Å²) in [6, 6.07) is 7.39. The summed E-state index contributed by atoms with van der Waals surface area (Å²) in [7, 11) is 0. The quantitative estimate of drug-likeness (QED) is 0.769. The molecule has 0 aliphatic carbocycles. The predicted octanol–water partition coefficient (Wildman–Crippen LogP) is 2.70. The second-order valence-electron chi connectivity index (χ2n) is 4.60. The van der Waals surface area contributed by atoms with E-state index in [2.05, 4.69) is 4.90 Å². The van der Waals surface area contributed by atoms with E-state index in [1.165, 1.54) is 12.8 Å². The van der Waals surface area contributed by atoms with Crippen molar-refractivity contribution in [2.45, 2.75) is 12.8 Å². The Kier molecular flexibility index (Phi) is 3.00. The molecule has 1 fully saturated rings. The fourth-order valence-electron chi connectivity index (χ4n) is 2.56. The van der Waals surface area contributed by atoms with Gasteiger partial charge in [-0.15, -0.1) is 0 Å². The van der Waals surface area contributed by atoms with E-state index < -0.39 is 0 Å². The number of likely N-dealkylation sites (tertiary alicyclic amines) is 1. The van der Waals surface area contributed by atoms with E-state index in [9.17, 15) is 4.79 Å². The van der Waals surface area contributed by atoms with E-state index >= 15 is 0 Å². The van der Waals surface area contributed by atoms with Gasteiger partial charge in [0.1, 0.15) is 6.61 Å². The highest BCUT2D eigenvalue weighted by Crippen LogP contribution is 2.31. The number of esters is 1. The van der Waals surface area contributed by atoms with Gasteiger partial charge in [0.25, 0.3) is 0 Å². The van der Waals surface area contributed by atoms with Crippen LogP contribution in [0.4, 0.5) is 0 Å². The summed E-state index contributed by atoms with van der Waals surface area (Å²) in [5, 5.41) is 0.639. The molecular weight excluding hydrogens is 250 g/mol. The van der Waals surface area contributed by atoms with Crippen molar-refractivity contribution in [3.8, 4) is 0 Å². The number of cyclic esters (lactones) is 1. The molecule has 18 heavy (non-hydrogen) atoms. The normalized spacial score (nSPS) is 19.6. The summed E-state index contributed by atoms with van der Waals surface area (Å²) in [6.45, 7) is 2.41. The summed E-state index contributed by atoms with van der Waals surface area (Å²) in [5.41, 5.74) is 2.55. The summed E-state index contributed by atoms with van der Waals surface area (Å²) in [5.74, 6) is -0.237. The number of rotatable bonds is 2. The smallest absolute Gasteiger partial charge is 0.341 e. The molecule has 2 aliphatic rings. The Morgan fingerprint density at radius 1 is 1.22 bits per heavy atom. The van der Waals surface area contributed by atoms with Crippen molar-refractivity contribution in [2.75, 3.05) is 19.7 Å². The Labute approximate surface area is 111 Å². The van der Waals surface area contributed by atoms with E-state index in [1.54, 1.807) is 6.07 Å². The predicted molar refractivity (Wildman–Crippen MR) is 70.1 cm³/mol. The molecule has 0 unspecified atom stereocenters. The van der Waals surface area contributed by atoms with E-state index in [0.29, 0.717) is 17.2 Å². The highest BCUT2D eigenvalue weighted by Gasteiger charge is 2.30. The molecule has 0 radical (unpaired) electrons. The van der Waals surface area contributed by atoms with E-state index in [0.717, 1.165) is 24.4 Å². The van der Waals surface area contributed by atoms with E-state index in [4.69, 9.17) is 16.3 Å². The number of ether oxygens (including phenoxy) is 1. The monoisotopic (exact) mass is 263 g/mol. The third-order valence-corrected chi connectivity index (χ3v) is 3.67. The van der Waals surface area contributed by atoms with Crippen molar-refractivity contribution in [1.82, 2.24) is 4.90 Å². The van der Waals surface area contributed by atoms with E-state index in [1.807, 2.05) is 18.2 Å². The molecule has 1 aromatic carbocycles. The summed E-state index contributed by atoms with van der Waals surface area (Å²) < 4.78 is 5.19. The summed E-state index contributed by atoms with van der Waals surface area (Å²) in [6.07, 6.45) is 2.36. The molecule has 0 amide bonds. The minimum absolute atomic E-state index is 0.237. The average Bonchev–Trinajstić information content (AvgIpc) is 2.97. The second kappa shape index (κ2) is 4.65. The van der Waals surface area contributed by atoms with Gasteiger partial charge >= 0.3 is 5.97 Å². The maximum Gasteiger partial charge on any atom is 0.341 e. The van der Waals surface area contributed by atoms with Crippen molar-refractivity contribution < 1.29 is 9.53 Å². The molecular formula is C14H14ClNO2. The van der Waals surface area contributed by atoms with Crippen LogP contribution in [0.1, 0.15) is 18.4 Å². The largest absolute Gasteiger partial charge is 0.456 e. The first-order valence-corrected chi connectivity index (χ1v) is 6.54. The molecule has 94 valence electrons. The lowest BCUT2D eigenvalue weighted by Crippen LogP contribution is -2.20. The Balaban J connectivity index is 2.04. The molecule has 1 saturated heterocycles. The molecule has 2 heterocycles. The average molecular weight is 264 g/mol. The van der Waals surface area contributed by atoms with Gasteiger partial charge in [-0.05, 0) is 30.5 Å². The van der Waals surface area contributed by atoms with Gasteiger partial charge in [0.15, 0.2) is 0 Å². The molecule has 1 aromatic rings. The van der Waals surface area contributed by atoms with Crippen LogP contribution < -0.4 is 0 Å². The lowest BCUT2D eigenvalue weighted by atomic mass is 10.0. The molecule has 2 aliphatic heterocycles. The third-order valence-electron chi connectivity index (χ3n) is 3.43. The van der Waals surface area contributed by atoms with Gasteiger partial charge in [0, 0.05) is 18.1 Å². The molecule has 0 bridgehead atoms. The summed E-state index contributed by atoms with van der Waals surface area (Å²) >= 11 is 5.99. The Morgan fingerprint density at radius 3 is 2.72 bits per heavy atom. The van der Waals surface area contributed by atoms with Crippen LogP contribution in [0.25, 0.3) is 5.57 Å². The van der Waals surface area contributed by atoms with Gasteiger partial charge in [0.05, 0.1) is 11.3 Å². The van der Waals surface area contributed by atoms with Crippen molar-refractivity contribution in [3.63, 3.8) is 0 Å². The van der Waals surface area contributed by atoms with Gasteiger partial charge in [-0.2, -0.15) is 0 Å². The Hall–Kier alpha value is -1.48. The first-order chi connectivity index (χ1) is 8.75. The number of benzene rings is 1. The number of halogens is 1. The van der Waals surface area contributed by atoms with Gasteiger partial charge in [-0.25, -0.2) is 4.79 Å². The molecule has 4 heteroatoms. The zero-order chi connectivity index (χ0) is 12.5. The molecule has 0 atom stereocenters. The highest BCUT2D eigenvalue weighted by atomic mass is 35.5. The standard InChI is InChI=1S/C14H14ClNO2/c15-11-5-3-4-10(8-11)13-12(9-18-14(13)17)16-6-1-2-7-16/h3-5,8H,1-2,6-7,9H2. The highest BCUT2D eigenvalue weighted by molar-refractivity contribution is 6.31. The van der Waals surface area contributed by atoms with E-state index in [-0.39, 0.29) is 5.97 Å². The second-order valence-corrected chi connectivity index (χ2v) is 5.04. The summed E-state index contributed by atoms with van der Waals surface area (Å²) in [4.78, 5) is 14.2. The van der Waals surface area contributed by atoms with Crippen molar-refractivity contribution >= 4 is 23.1 Å². The van der Waals surface area contributed by atoms with Crippen LogP contribution in [0.3, 0.4) is 0 Å². The zero-order valence-corrected chi connectivity index (χ0v) is 10.7. The molecule has 3 nitrogen and oxygen atoms in total. The number of hydrogen-bond donors (Lipinski definition) is 0. The van der Waals surface area contributed by atoms with Crippen LogP contribution in [0.5, 0.6) is 0 Å². The number of carbonyl (C=O) groups is 1. The SMILES string of the molecule is O=C1OCC(N2CCCC2)=C1c1cccc(Cl)c1. The molecule has 0 aromatic heterocycles. The van der Waals surface area contributed by atoms with Gasteiger partial charge < -0.3 is 9.64 Å². The fourth-order valence-corrected chi connectivity index (χ4v) is 2.75. The van der Waals surface area contributed by atoms with Crippen LogP contribution >= 0.6 is 11.6 Å². The lowest BCUT2D eigenvalue weighted by molar-refractivity contribution is -0.134. The minimum atomic E-state index is -0.237. The van der Waals surface area contributed by atoms with Gasteiger partial charge in [-0.3, -0.25) is 0 Å². The third kappa shape index (κ3) is 1.99. The first-order valence-electron chi connectivity index (χ1n) is 6.17. The number of nitrogens with zero attached hydrogens (tertiary/aromatic N) is 1. The molecule has 3 rings (SSSR count).